The van der Waals surface area contributed by atoms with Gasteiger partial charge in [0.2, 0.25) is 11.8 Å². The van der Waals surface area contributed by atoms with Gasteiger partial charge >= 0.3 is 0 Å². The van der Waals surface area contributed by atoms with Gasteiger partial charge in [-0.3, -0.25) is 14.4 Å². The summed E-state index contributed by atoms with van der Waals surface area (Å²) in [5.74, 6) is -0.727. The molecule has 0 aliphatic carbocycles. The van der Waals surface area contributed by atoms with Crippen LogP contribution in [0.3, 0.4) is 0 Å². The minimum Gasteiger partial charge on any atom is -0.341 e. The molecule has 1 saturated heterocycles. The van der Waals surface area contributed by atoms with Gasteiger partial charge in [-0.15, -0.1) is 0 Å². The van der Waals surface area contributed by atoms with Crippen LogP contribution in [-0.4, -0.2) is 48.8 Å². The van der Waals surface area contributed by atoms with Gasteiger partial charge in [0.1, 0.15) is 6.54 Å². The van der Waals surface area contributed by atoms with Crippen molar-refractivity contribution in [2.45, 2.75) is 26.2 Å². The number of piperidine rings is 1. The molecule has 0 radical (unpaired) electrons. The zero-order valence-corrected chi connectivity index (χ0v) is 17.3. The van der Waals surface area contributed by atoms with Crippen molar-refractivity contribution in [3.63, 3.8) is 0 Å². The lowest BCUT2D eigenvalue weighted by Crippen LogP contribution is -2.46. The Labute approximate surface area is 177 Å². The Balaban J connectivity index is 1.68. The maximum Gasteiger partial charge on any atom is 0.258 e. The number of likely N-dealkylation sites (tertiary alicyclic amines) is 1. The van der Waals surface area contributed by atoms with Crippen LogP contribution < -0.4 is 9.80 Å². The molecule has 2 aromatic rings. The third-order valence-corrected chi connectivity index (χ3v) is 5.88. The van der Waals surface area contributed by atoms with E-state index in [2.05, 4.69) is 0 Å². The monoisotopic (exact) mass is 405 g/mol. The van der Waals surface area contributed by atoms with E-state index in [1.165, 1.54) is 0 Å². The summed E-state index contributed by atoms with van der Waals surface area (Å²) in [4.78, 5) is 44.5. The summed E-state index contributed by atoms with van der Waals surface area (Å²) in [6, 6.07) is 16.4. The van der Waals surface area contributed by atoms with E-state index >= 15 is 0 Å². The second-order valence-corrected chi connectivity index (χ2v) is 8.04. The molecule has 2 heterocycles. The standard InChI is InChI=1S/C24H27N3O3/c1-18-16-26(24(30)19-10-4-2-5-11-19)20-12-6-7-13-21(20)27(23(18)29)17-22(28)25-14-8-3-9-15-25/h2,4-7,10-13,18H,3,8-9,14-17H2,1H3. The second-order valence-electron chi connectivity index (χ2n) is 8.04. The number of hydrogen-bond acceptors (Lipinski definition) is 3. The van der Waals surface area contributed by atoms with E-state index in [-0.39, 0.29) is 30.8 Å². The van der Waals surface area contributed by atoms with Crippen LogP contribution in [0.25, 0.3) is 0 Å². The molecule has 156 valence electrons. The highest BCUT2D eigenvalue weighted by Gasteiger charge is 2.35. The molecule has 0 spiro atoms. The summed E-state index contributed by atoms with van der Waals surface area (Å²) in [5.41, 5.74) is 1.85. The summed E-state index contributed by atoms with van der Waals surface area (Å²) in [7, 11) is 0. The van der Waals surface area contributed by atoms with Crippen LogP contribution in [0.1, 0.15) is 36.5 Å². The molecule has 1 fully saturated rings. The summed E-state index contributed by atoms with van der Waals surface area (Å²) in [6.07, 6.45) is 3.15. The van der Waals surface area contributed by atoms with Gasteiger partial charge in [0, 0.05) is 25.2 Å². The van der Waals surface area contributed by atoms with Gasteiger partial charge in [-0.2, -0.15) is 0 Å². The largest absolute Gasteiger partial charge is 0.341 e. The summed E-state index contributed by atoms with van der Waals surface area (Å²) in [6.45, 7) is 3.59. The molecule has 6 nitrogen and oxygen atoms in total. The SMILES string of the molecule is CC1CN(C(=O)c2ccccc2)c2ccccc2N(CC(=O)N2CCCCC2)C1=O. The quantitative estimate of drug-likeness (QED) is 0.787. The average Bonchev–Trinajstić information content (AvgIpc) is 2.90. The number of nitrogens with zero attached hydrogens (tertiary/aromatic N) is 3. The highest BCUT2D eigenvalue weighted by Crippen LogP contribution is 2.35. The van der Waals surface area contributed by atoms with Crippen molar-refractivity contribution in [2.75, 3.05) is 36.0 Å². The summed E-state index contributed by atoms with van der Waals surface area (Å²) in [5, 5.41) is 0. The number of rotatable bonds is 3. The maximum absolute atomic E-state index is 13.3. The number of para-hydroxylation sites is 2. The van der Waals surface area contributed by atoms with Crippen LogP contribution in [0.2, 0.25) is 0 Å². The van der Waals surface area contributed by atoms with Crippen molar-refractivity contribution in [2.24, 2.45) is 5.92 Å². The minimum absolute atomic E-state index is 0.00749. The molecular formula is C24H27N3O3. The molecule has 1 atom stereocenters. The highest BCUT2D eigenvalue weighted by molar-refractivity contribution is 6.12. The van der Waals surface area contributed by atoms with Gasteiger partial charge < -0.3 is 14.7 Å². The first-order valence-corrected chi connectivity index (χ1v) is 10.6. The van der Waals surface area contributed by atoms with Gasteiger partial charge in [-0.1, -0.05) is 37.3 Å². The number of hydrogen-bond donors (Lipinski definition) is 0. The average molecular weight is 405 g/mol. The summed E-state index contributed by atoms with van der Waals surface area (Å²) >= 11 is 0. The normalized spacial score (nSPS) is 19.3. The lowest BCUT2D eigenvalue weighted by atomic mass is 10.1. The third kappa shape index (κ3) is 3.95. The fourth-order valence-electron chi connectivity index (χ4n) is 4.23. The van der Waals surface area contributed by atoms with Crippen molar-refractivity contribution in [3.05, 3.63) is 60.2 Å². The van der Waals surface area contributed by atoms with Gasteiger partial charge in [0.05, 0.1) is 17.3 Å². The number of anilines is 2. The number of benzene rings is 2. The number of fused-ring (bicyclic) bond motifs is 1. The Morgan fingerprint density at radius 1 is 0.900 bits per heavy atom. The van der Waals surface area contributed by atoms with E-state index in [4.69, 9.17) is 0 Å². The molecule has 30 heavy (non-hydrogen) atoms. The summed E-state index contributed by atoms with van der Waals surface area (Å²) < 4.78 is 0. The zero-order chi connectivity index (χ0) is 21.1. The first kappa shape index (κ1) is 20.1. The van der Waals surface area contributed by atoms with Crippen molar-refractivity contribution < 1.29 is 14.4 Å². The van der Waals surface area contributed by atoms with Crippen LogP contribution in [0.5, 0.6) is 0 Å². The number of carbonyl (C=O) groups is 3. The predicted octanol–water partition coefficient (Wildman–Crippen LogP) is 3.33. The molecule has 1 unspecified atom stereocenters. The third-order valence-electron chi connectivity index (χ3n) is 5.88. The van der Waals surface area contributed by atoms with E-state index < -0.39 is 5.92 Å². The van der Waals surface area contributed by atoms with Crippen LogP contribution in [0.15, 0.2) is 54.6 Å². The van der Waals surface area contributed by atoms with Crippen molar-refractivity contribution in [3.8, 4) is 0 Å². The Morgan fingerprint density at radius 3 is 2.23 bits per heavy atom. The van der Waals surface area contributed by atoms with Crippen molar-refractivity contribution in [1.82, 2.24) is 4.90 Å². The second kappa shape index (κ2) is 8.69. The molecule has 2 aliphatic heterocycles. The van der Waals surface area contributed by atoms with E-state index in [0.717, 1.165) is 32.4 Å². The van der Waals surface area contributed by atoms with Gasteiger partial charge in [0.25, 0.3) is 5.91 Å². The van der Waals surface area contributed by atoms with E-state index in [0.29, 0.717) is 16.9 Å². The number of amides is 3. The molecule has 4 rings (SSSR count). The first-order chi connectivity index (χ1) is 14.6. The fourth-order valence-corrected chi connectivity index (χ4v) is 4.23. The van der Waals surface area contributed by atoms with E-state index in [1.807, 2.05) is 54.3 Å². The Kier molecular flexibility index (Phi) is 5.84. The van der Waals surface area contributed by atoms with Gasteiger partial charge in [0.15, 0.2) is 0 Å². The van der Waals surface area contributed by atoms with Crippen LogP contribution in [0.4, 0.5) is 11.4 Å². The van der Waals surface area contributed by atoms with Crippen LogP contribution in [-0.2, 0) is 9.59 Å². The molecule has 2 aromatic carbocycles. The van der Waals surface area contributed by atoms with Crippen LogP contribution >= 0.6 is 0 Å². The lowest BCUT2D eigenvalue weighted by molar-refractivity contribution is -0.132. The molecule has 0 aromatic heterocycles. The van der Waals surface area contributed by atoms with Crippen molar-refractivity contribution in [1.29, 1.82) is 0 Å². The van der Waals surface area contributed by atoms with E-state index in [1.54, 1.807) is 21.9 Å². The van der Waals surface area contributed by atoms with Crippen molar-refractivity contribution >= 4 is 29.1 Å². The molecule has 0 N–H and O–H groups in total. The van der Waals surface area contributed by atoms with E-state index in [9.17, 15) is 14.4 Å². The number of carbonyl (C=O) groups excluding carboxylic acids is 3. The Morgan fingerprint density at radius 2 is 1.53 bits per heavy atom. The van der Waals surface area contributed by atoms with Gasteiger partial charge in [-0.05, 0) is 43.5 Å². The smallest absolute Gasteiger partial charge is 0.258 e. The Hall–Kier alpha value is -3.15. The molecule has 6 heteroatoms. The lowest BCUT2D eigenvalue weighted by Gasteiger charge is -2.30. The fraction of sp³-hybridized carbons (Fsp3) is 0.375. The minimum atomic E-state index is -0.417. The topological polar surface area (TPSA) is 60.9 Å². The molecule has 3 amide bonds. The predicted molar refractivity (Wildman–Crippen MR) is 117 cm³/mol. The first-order valence-electron chi connectivity index (χ1n) is 10.6. The molecule has 0 bridgehead atoms. The molecular weight excluding hydrogens is 378 g/mol. The highest BCUT2D eigenvalue weighted by atomic mass is 16.2. The maximum atomic E-state index is 13.3. The van der Waals surface area contributed by atoms with Crippen LogP contribution in [0, 0.1) is 5.92 Å². The molecule has 0 saturated carbocycles. The zero-order valence-electron chi connectivity index (χ0n) is 17.3. The molecule has 2 aliphatic rings. The Bertz CT molecular complexity index is 938. The van der Waals surface area contributed by atoms with Gasteiger partial charge in [-0.25, -0.2) is 0 Å².